The van der Waals surface area contributed by atoms with E-state index >= 15 is 0 Å². The van der Waals surface area contributed by atoms with E-state index in [0.29, 0.717) is 13.1 Å². The molecule has 3 heterocycles. The standard InChI is InChI=1S/C18H27F3N4O/c1-23-6-3-7-24(9-8-23)10-14-11-25(12-15(14)13-26)17-16(18(19,20)21)4-2-5-22-17/h2,4-5,14-15,26H,3,6-13H2,1H3/t14-,15-/m1/s1. The number of aromatic nitrogens is 1. The summed E-state index contributed by atoms with van der Waals surface area (Å²) < 4.78 is 39.9. The smallest absolute Gasteiger partial charge is 0.396 e. The number of pyridine rings is 1. The van der Waals surface area contributed by atoms with E-state index in [-0.39, 0.29) is 24.3 Å². The number of nitrogens with zero attached hydrogens (tertiary/aromatic N) is 4. The van der Waals surface area contributed by atoms with Crippen LogP contribution in [0, 0.1) is 11.8 Å². The maximum absolute atomic E-state index is 13.3. The maximum Gasteiger partial charge on any atom is 0.419 e. The summed E-state index contributed by atoms with van der Waals surface area (Å²) in [6.45, 7) is 5.73. The van der Waals surface area contributed by atoms with Crippen molar-refractivity contribution in [3.63, 3.8) is 0 Å². The van der Waals surface area contributed by atoms with E-state index in [1.807, 2.05) is 0 Å². The Morgan fingerprint density at radius 3 is 2.65 bits per heavy atom. The second kappa shape index (κ2) is 8.10. The molecule has 1 N–H and O–H groups in total. The van der Waals surface area contributed by atoms with Crippen LogP contribution in [0.2, 0.25) is 0 Å². The zero-order valence-electron chi connectivity index (χ0n) is 15.1. The quantitative estimate of drug-likeness (QED) is 0.873. The molecule has 0 spiro atoms. The number of alkyl halides is 3. The first-order valence-electron chi connectivity index (χ1n) is 9.17. The minimum atomic E-state index is -4.42. The third kappa shape index (κ3) is 4.47. The van der Waals surface area contributed by atoms with Gasteiger partial charge in [-0.25, -0.2) is 4.98 Å². The van der Waals surface area contributed by atoms with Crippen LogP contribution in [-0.2, 0) is 6.18 Å². The van der Waals surface area contributed by atoms with Gasteiger partial charge in [-0.1, -0.05) is 0 Å². The number of rotatable bonds is 4. The van der Waals surface area contributed by atoms with Gasteiger partial charge in [-0.05, 0) is 44.6 Å². The first-order valence-corrected chi connectivity index (χ1v) is 9.17. The minimum absolute atomic E-state index is 0.0108. The Kier molecular flexibility index (Phi) is 6.04. The Balaban J connectivity index is 1.71. The normalized spacial score (nSPS) is 26.3. The van der Waals surface area contributed by atoms with Crippen molar-refractivity contribution in [3.05, 3.63) is 23.9 Å². The lowest BCUT2D eigenvalue weighted by atomic mass is 9.96. The van der Waals surface area contributed by atoms with Crippen LogP contribution < -0.4 is 4.90 Å². The summed E-state index contributed by atoms with van der Waals surface area (Å²) in [6.07, 6.45) is -1.93. The SMILES string of the molecule is CN1CCCN(C[C@@H]2CN(c3ncccc3C(F)(F)F)C[C@@H]2CO)CC1. The number of aliphatic hydroxyl groups is 1. The molecule has 0 unspecified atom stereocenters. The van der Waals surface area contributed by atoms with E-state index in [1.54, 1.807) is 4.90 Å². The lowest BCUT2D eigenvalue weighted by Gasteiger charge is -2.26. The number of halogens is 3. The Hall–Kier alpha value is -1.38. The summed E-state index contributed by atoms with van der Waals surface area (Å²) in [5.41, 5.74) is -0.700. The Bertz CT molecular complexity index is 598. The summed E-state index contributed by atoms with van der Waals surface area (Å²) in [7, 11) is 2.11. The molecule has 0 aliphatic carbocycles. The molecule has 2 saturated heterocycles. The highest BCUT2D eigenvalue weighted by atomic mass is 19.4. The summed E-state index contributed by atoms with van der Waals surface area (Å²) in [5, 5.41) is 9.76. The largest absolute Gasteiger partial charge is 0.419 e. The summed E-state index contributed by atoms with van der Waals surface area (Å²) >= 11 is 0. The number of aliphatic hydroxyl groups excluding tert-OH is 1. The number of hydrogen-bond acceptors (Lipinski definition) is 5. The van der Waals surface area contributed by atoms with Gasteiger partial charge in [0, 0.05) is 51.4 Å². The molecule has 26 heavy (non-hydrogen) atoms. The zero-order chi connectivity index (χ0) is 18.7. The minimum Gasteiger partial charge on any atom is -0.396 e. The van der Waals surface area contributed by atoms with Gasteiger partial charge in [-0.15, -0.1) is 0 Å². The summed E-state index contributed by atoms with van der Waals surface area (Å²) in [6, 6.07) is 2.39. The zero-order valence-corrected chi connectivity index (χ0v) is 15.1. The third-order valence-corrected chi connectivity index (χ3v) is 5.51. The van der Waals surface area contributed by atoms with E-state index in [1.165, 1.54) is 12.3 Å². The van der Waals surface area contributed by atoms with Crippen LogP contribution >= 0.6 is 0 Å². The molecule has 146 valence electrons. The molecule has 0 bridgehead atoms. The van der Waals surface area contributed by atoms with Crippen LogP contribution in [-0.4, -0.2) is 79.4 Å². The van der Waals surface area contributed by atoms with Crippen molar-refractivity contribution >= 4 is 5.82 Å². The van der Waals surface area contributed by atoms with E-state index in [2.05, 4.69) is 21.8 Å². The van der Waals surface area contributed by atoms with Crippen molar-refractivity contribution in [2.45, 2.75) is 12.6 Å². The first kappa shape index (κ1) is 19.4. The van der Waals surface area contributed by atoms with Gasteiger partial charge < -0.3 is 19.8 Å². The van der Waals surface area contributed by atoms with Crippen molar-refractivity contribution in [3.8, 4) is 0 Å². The fourth-order valence-corrected chi connectivity index (χ4v) is 4.01. The molecule has 3 rings (SSSR count). The molecular weight excluding hydrogens is 345 g/mol. The molecule has 2 aliphatic rings. The van der Waals surface area contributed by atoms with Crippen molar-refractivity contribution in [2.24, 2.45) is 11.8 Å². The molecule has 0 radical (unpaired) electrons. The van der Waals surface area contributed by atoms with Crippen LogP contribution in [0.4, 0.5) is 19.0 Å². The lowest BCUT2D eigenvalue weighted by Crippen LogP contribution is -2.36. The highest BCUT2D eigenvalue weighted by Gasteiger charge is 2.40. The average molecular weight is 372 g/mol. The van der Waals surface area contributed by atoms with Gasteiger partial charge in [0.25, 0.3) is 0 Å². The maximum atomic E-state index is 13.3. The predicted molar refractivity (Wildman–Crippen MR) is 94.1 cm³/mol. The van der Waals surface area contributed by atoms with Gasteiger partial charge in [0.1, 0.15) is 5.82 Å². The van der Waals surface area contributed by atoms with Crippen molar-refractivity contribution in [2.75, 3.05) is 64.4 Å². The van der Waals surface area contributed by atoms with Crippen LogP contribution in [0.25, 0.3) is 0 Å². The molecule has 1 aromatic rings. The van der Waals surface area contributed by atoms with Crippen molar-refractivity contribution in [1.29, 1.82) is 0 Å². The number of hydrogen-bond donors (Lipinski definition) is 1. The second-order valence-electron chi connectivity index (χ2n) is 7.44. The fraction of sp³-hybridized carbons (Fsp3) is 0.722. The Morgan fingerprint density at radius 1 is 1.15 bits per heavy atom. The highest BCUT2D eigenvalue weighted by Crippen LogP contribution is 2.38. The lowest BCUT2D eigenvalue weighted by molar-refractivity contribution is -0.137. The van der Waals surface area contributed by atoms with Gasteiger partial charge in [0.05, 0.1) is 5.56 Å². The van der Waals surface area contributed by atoms with Gasteiger partial charge in [-0.2, -0.15) is 13.2 Å². The third-order valence-electron chi connectivity index (χ3n) is 5.51. The predicted octanol–water partition coefficient (Wildman–Crippen LogP) is 1.78. The van der Waals surface area contributed by atoms with E-state index < -0.39 is 11.7 Å². The Labute approximate surface area is 152 Å². The summed E-state index contributed by atoms with van der Waals surface area (Å²) in [4.78, 5) is 10.4. The van der Waals surface area contributed by atoms with E-state index in [0.717, 1.165) is 45.2 Å². The molecule has 5 nitrogen and oxygen atoms in total. The van der Waals surface area contributed by atoms with E-state index in [4.69, 9.17) is 0 Å². The first-order chi connectivity index (χ1) is 12.4. The van der Waals surface area contributed by atoms with Crippen molar-refractivity contribution < 1.29 is 18.3 Å². The number of anilines is 1. The van der Waals surface area contributed by atoms with Crippen LogP contribution in [0.3, 0.4) is 0 Å². The molecule has 0 saturated carbocycles. The van der Waals surface area contributed by atoms with Crippen molar-refractivity contribution in [1.82, 2.24) is 14.8 Å². The highest BCUT2D eigenvalue weighted by molar-refractivity contribution is 5.49. The van der Waals surface area contributed by atoms with Crippen LogP contribution in [0.15, 0.2) is 18.3 Å². The molecular formula is C18H27F3N4O. The molecule has 0 amide bonds. The molecule has 1 aromatic heterocycles. The number of likely N-dealkylation sites (N-methyl/N-ethyl adjacent to an activating group) is 1. The summed E-state index contributed by atoms with van der Waals surface area (Å²) in [5.74, 6) is 0.0992. The van der Waals surface area contributed by atoms with Crippen LogP contribution in [0.5, 0.6) is 0 Å². The fourth-order valence-electron chi connectivity index (χ4n) is 4.01. The van der Waals surface area contributed by atoms with Gasteiger partial charge in [0.2, 0.25) is 0 Å². The van der Waals surface area contributed by atoms with Gasteiger partial charge in [-0.3, -0.25) is 0 Å². The van der Waals surface area contributed by atoms with Crippen LogP contribution in [0.1, 0.15) is 12.0 Å². The topological polar surface area (TPSA) is 42.8 Å². The van der Waals surface area contributed by atoms with E-state index in [9.17, 15) is 18.3 Å². The molecule has 0 aromatic carbocycles. The molecule has 8 heteroatoms. The monoisotopic (exact) mass is 372 g/mol. The molecule has 2 atom stereocenters. The molecule has 2 fully saturated rings. The van der Waals surface area contributed by atoms with Gasteiger partial charge in [0.15, 0.2) is 0 Å². The second-order valence-corrected chi connectivity index (χ2v) is 7.44. The van der Waals surface area contributed by atoms with Gasteiger partial charge >= 0.3 is 6.18 Å². The molecule has 2 aliphatic heterocycles. The average Bonchev–Trinajstić information content (AvgIpc) is 2.90. The Morgan fingerprint density at radius 2 is 1.92 bits per heavy atom.